The lowest BCUT2D eigenvalue weighted by Gasteiger charge is -2.24. The summed E-state index contributed by atoms with van der Waals surface area (Å²) >= 11 is 0. The number of unbranched alkanes of at least 4 members (excludes halogenated alkanes) is 1. The maximum Gasteiger partial charge on any atom is 0.514 e. The maximum atomic E-state index is 12.5. The van der Waals surface area contributed by atoms with Gasteiger partial charge < -0.3 is 38.8 Å². The molecular weight excluding hydrogens is 538 g/mol. The highest BCUT2D eigenvalue weighted by Crippen LogP contribution is 2.31. The summed E-state index contributed by atoms with van der Waals surface area (Å²) in [5.74, 6) is -1.42. The second kappa shape index (κ2) is 16.7. The molecule has 0 aromatic heterocycles. The Kier molecular flexibility index (Phi) is 14.4. The van der Waals surface area contributed by atoms with Crippen molar-refractivity contribution in [3.63, 3.8) is 0 Å². The van der Waals surface area contributed by atoms with Gasteiger partial charge in [-0.2, -0.15) is 0 Å². The number of hydrogen-bond acceptors (Lipinski definition) is 11. The van der Waals surface area contributed by atoms with Gasteiger partial charge in [0, 0.05) is 6.54 Å². The van der Waals surface area contributed by atoms with Gasteiger partial charge in [-0.1, -0.05) is 33.3 Å². The van der Waals surface area contributed by atoms with Crippen LogP contribution in [0, 0.1) is 0 Å². The summed E-state index contributed by atoms with van der Waals surface area (Å²) in [6.07, 6.45) is -0.900. The number of hydrogen-bond donors (Lipinski definition) is 2. The highest BCUT2D eigenvalue weighted by atomic mass is 16.8. The van der Waals surface area contributed by atoms with Crippen molar-refractivity contribution >= 4 is 24.4 Å². The first-order valence-corrected chi connectivity index (χ1v) is 13.9. The Morgan fingerprint density at radius 2 is 1.44 bits per heavy atom. The van der Waals surface area contributed by atoms with E-state index in [-0.39, 0.29) is 31.1 Å². The zero-order valence-electron chi connectivity index (χ0n) is 25.4. The lowest BCUT2D eigenvalue weighted by atomic mass is 10.0. The number of ether oxygens (including phenoxy) is 6. The molecule has 12 nitrogen and oxygen atoms in total. The quantitative estimate of drug-likeness (QED) is 0.101. The maximum absolute atomic E-state index is 12.5. The van der Waals surface area contributed by atoms with E-state index in [1.807, 2.05) is 20.8 Å². The molecule has 1 rings (SSSR count). The molecule has 0 radical (unpaired) electrons. The molecule has 1 aromatic rings. The van der Waals surface area contributed by atoms with E-state index in [4.69, 9.17) is 28.4 Å². The van der Waals surface area contributed by atoms with Crippen molar-refractivity contribution in [3.05, 3.63) is 23.8 Å². The predicted octanol–water partition coefficient (Wildman–Crippen LogP) is 6.02. The number of carbonyl (C=O) groups excluding carboxylic acids is 3. The number of nitrogens with one attached hydrogen (secondary N) is 1. The van der Waals surface area contributed by atoms with Crippen LogP contribution < -0.4 is 14.8 Å². The first kappa shape index (κ1) is 35.5. The normalized spacial score (nSPS) is 13.0. The molecule has 1 unspecified atom stereocenters. The van der Waals surface area contributed by atoms with Crippen molar-refractivity contribution in [1.82, 2.24) is 5.32 Å². The first-order chi connectivity index (χ1) is 19.1. The minimum absolute atomic E-state index is 0.0392. The third-order valence-electron chi connectivity index (χ3n) is 6.22. The lowest BCUT2D eigenvalue weighted by Crippen LogP contribution is -2.42. The van der Waals surface area contributed by atoms with Crippen LogP contribution in [0.25, 0.3) is 0 Å². The van der Waals surface area contributed by atoms with Crippen LogP contribution in [-0.4, -0.2) is 66.0 Å². The van der Waals surface area contributed by atoms with Gasteiger partial charge in [0.15, 0.2) is 11.5 Å². The Morgan fingerprint density at radius 1 is 0.878 bits per heavy atom. The minimum atomic E-state index is -1.15. The van der Waals surface area contributed by atoms with Crippen LogP contribution in [0.5, 0.6) is 11.5 Å². The van der Waals surface area contributed by atoms with Crippen molar-refractivity contribution in [3.8, 4) is 11.5 Å². The van der Waals surface area contributed by atoms with Crippen molar-refractivity contribution < 1.29 is 52.7 Å². The van der Waals surface area contributed by atoms with Crippen molar-refractivity contribution in [2.75, 3.05) is 13.2 Å². The van der Waals surface area contributed by atoms with Crippen LogP contribution in [-0.2, 0) is 30.2 Å². The molecule has 0 spiro atoms. The summed E-state index contributed by atoms with van der Waals surface area (Å²) in [5, 5.41) is 12.6. The second-order valence-electron chi connectivity index (χ2n) is 10.8. The fourth-order valence-corrected chi connectivity index (χ4v) is 2.99. The van der Waals surface area contributed by atoms with Crippen LogP contribution in [0.3, 0.4) is 0 Å². The Hall–Kier alpha value is -3.54. The van der Waals surface area contributed by atoms with E-state index in [0.29, 0.717) is 24.8 Å². The second-order valence-corrected chi connectivity index (χ2v) is 10.8. The molecule has 232 valence electrons. The first-order valence-electron chi connectivity index (χ1n) is 13.9. The van der Waals surface area contributed by atoms with Crippen LogP contribution >= 0.6 is 0 Å². The van der Waals surface area contributed by atoms with Gasteiger partial charge in [-0.25, -0.2) is 14.4 Å². The van der Waals surface area contributed by atoms with E-state index in [2.05, 4.69) is 5.32 Å². The van der Waals surface area contributed by atoms with Gasteiger partial charge in [-0.3, -0.25) is 4.79 Å². The number of carboxylic acids is 1. The van der Waals surface area contributed by atoms with Crippen molar-refractivity contribution in [2.24, 2.45) is 0 Å². The third kappa shape index (κ3) is 14.1. The van der Waals surface area contributed by atoms with Crippen LogP contribution in [0.15, 0.2) is 18.2 Å². The minimum Gasteiger partial charge on any atom is -0.480 e. The fourth-order valence-electron chi connectivity index (χ4n) is 2.99. The summed E-state index contributed by atoms with van der Waals surface area (Å²) in [6, 6.07) is 3.21. The molecule has 0 aliphatic carbocycles. The van der Waals surface area contributed by atoms with Gasteiger partial charge in [0.2, 0.25) is 0 Å². The highest BCUT2D eigenvalue weighted by Gasteiger charge is 2.27. The molecule has 0 bridgehead atoms. The Labute approximate surface area is 241 Å². The van der Waals surface area contributed by atoms with Gasteiger partial charge in [0.25, 0.3) is 0 Å². The largest absolute Gasteiger partial charge is 0.514 e. The third-order valence-corrected chi connectivity index (χ3v) is 6.22. The molecule has 0 saturated heterocycles. The zero-order valence-corrected chi connectivity index (χ0v) is 25.4. The molecular formula is C29H45NO11. The molecule has 0 saturated carbocycles. The fraction of sp³-hybridized carbons (Fsp3) is 0.655. The molecule has 1 aromatic carbocycles. The number of carbonyl (C=O) groups is 4. The topological polar surface area (TPSA) is 156 Å². The van der Waals surface area contributed by atoms with Crippen molar-refractivity contribution in [1.29, 1.82) is 0 Å². The number of carboxylic acid groups (broad SMARTS) is 1. The van der Waals surface area contributed by atoms with E-state index in [9.17, 15) is 24.3 Å². The lowest BCUT2D eigenvalue weighted by molar-refractivity contribution is -0.139. The summed E-state index contributed by atoms with van der Waals surface area (Å²) in [4.78, 5) is 48.6. The van der Waals surface area contributed by atoms with E-state index in [0.717, 1.165) is 6.42 Å². The highest BCUT2D eigenvalue weighted by molar-refractivity contribution is 5.74. The van der Waals surface area contributed by atoms with Gasteiger partial charge in [0.1, 0.15) is 23.3 Å². The van der Waals surface area contributed by atoms with Gasteiger partial charge >= 0.3 is 24.4 Å². The van der Waals surface area contributed by atoms with Crippen molar-refractivity contribution in [2.45, 2.75) is 111 Å². The Morgan fingerprint density at radius 3 is 1.95 bits per heavy atom. The average molecular weight is 584 g/mol. The zero-order chi connectivity index (χ0) is 31.2. The summed E-state index contributed by atoms with van der Waals surface area (Å²) < 4.78 is 31.4. The molecule has 2 N–H and O–H groups in total. The smallest absolute Gasteiger partial charge is 0.480 e. The van der Waals surface area contributed by atoms with Crippen LogP contribution in [0.1, 0.15) is 86.6 Å². The van der Waals surface area contributed by atoms with Crippen LogP contribution in [0.2, 0.25) is 0 Å². The standard InChI is InChI=1S/C29H45NO11/c1-9-12-15-36-25(33)37-19(4)18-30-21(24(31)32)16-20-13-14-22(38-26(34)40-28(5,6)10-2)23(17-20)39-27(35)41-29(7,8)11-3/h13-14,17,19,21,30H,9-12,15-16,18H2,1-8H3,(H,31,32)/t19?,21-/m0/s1. The number of rotatable bonds is 16. The number of aliphatic carboxylic acids is 1. The molecule has 0 fully saturated rings. The van der Waals surface area contributed by atoms with Gasteiger partial charge in [-0.05, 0) is 78.0 Å². The Balaban J connectivity index is 3.05. The summed E-state index contributed by atoms with van der Waals surface area (Å²) in [6.45, 7) is 14.4. The molecule has 12 heteroatoms. The summed E-state index contributed by atoms with van der Waals surface area (Å²) in [7, 11) is 0. The van der Waals surface area contributed by atoms with E-state index in [1.165, 1.54) is 18.2 Å². The van der Waals surface area contributed by atoms with Gasteiger partial charge in [-0.15, -0.1) is 0 Å². The molecule has 2 atom stereocenters. The predicted molar refractivity (Wildman–Crippen MR) is 149 cm³/mol. The molecule has 41 heavy (non-hydrogen) atoms. The van der Waals surface area contributed by atoms with Crippen LogP contribution in [0.4, 0.5) is 14.4 Å². The Bertz CT molecular complexity index is 1020. The number of benzene rings is 1. The average Bonchev–Trinajstić information content (AvgIpc) is 2.87. The monoisotopic (exact) mass is 583 g/mol. The molecule has 0 aliphatic rings. The molecule has 0 amide bonds. The SMILES string of the molecule is CCCCOC(=O)OC(C)CN[C@@H](Cc1ccc(OC(=O)OC(C)(C)CC)c(OC(=O)OC(C)(C)CC)c1)C(=O)O. The molecule has 0 aliphatic heterocycles. The molecule has 0 heterocycles. The van der Waals surface area contributed by atoms with E-state index >= 15 is 0 Å². The van der Waals surface area contributed by atoms with E-state index < -0.39 is 47.8 Å². The van der Waals surface area contributed by atoms with E-state index in [1.54, 1.807) is 34.6 Å². The van der Waals surface area contributed by atoms with Gasteiger partial charge in [0.05, 0.1) is 6.61 Å². The summed E-state index contributed by atoms with van der Waals surface area (Å²) in [5.41, 5.74) is -1.14.